The molecule has 0 bridgehead atoms. The van der Waals surface area contributed by atoms with Crippen LogP contribution >= 0.6 is 11.6 Å². The summed E-state index contributed by atoms with van der Waals surface area (Å²) in [7, 11) is 1.69. The lowest BCUT2D eigenvalue weighted by atomic mass is 9.69. The van der Waals surface area contributed by atoms with Crippen LogP contribution in [0.15, 0.2) is 12.1 Å². The average molecular weight is 270 g/mol. The van der Waals surface area contributed by atoms with Crippen molar-refractivity contribution >= 4 is 11.6 Å². The molecule has 2 rings (SSSR count). The van der Waals surface area contributed by atoms with Gasteiger partial charge in [0.1, 0.15) is 5.75 Å². The first-order valence-electron chi connectivity index (χ1n) is 6.17. The van der Waals surface area contributed by atoms with Crippen molar-refractivity contribution in [2.75, 3.05) is 26.9 Å². The first-order chi connectivity index (χ1) is 8.55. The average Bonchev–Trinajstić information content (AvgIpc) is 2.31. The zero-order valence-corrected chi connectivity index (χ0v) is 11.9. The Morgan fingerprint density at radius 1 is 1.50 bits per heavy atom. The first-order valence-corrected chi connectivity index (χ1v) is 6.55. The van der Waals surface area contributed by atoms with Crippen LogP contribution in [-0.4, -0.2) is 26.9 Å². The molecule has 0 spiro atoms. The second kappa shape index (κ2) is 5.08. The van der Waals surface area contributed by atoms with Gasteiger partial charge in [-0.15, -0.1) is 0 Å². The summed E-state index contributed by atoms with van der Waals surface area (Å²) in [6.45, 7) is 6.11. The Bertz CT molecular complexity index is 444. The topological polar surface area (TPSA) is 44.5 Å². The molecule has 1 unspecified atom stereocenters. The van der Waals surface area contributed by atoms with Crippen molar-refractivity contribution in [2.45, 2.75) is 19.3 Å². The summed E-state index contributed by atoms with van der Waals surface area (Å²) >= 11 is 6.25. The van der Waals surface area contributed by atoms with Gasteiger partial charge >= 0.3 is 0 Å². The van der Waals surface area contributed by atoms with Gasteiger partial charge in [0.25, 0.3) is 0 Å². The zero-order chi connectivity index (χ0) is 13.3. The van der Waals surface area contributed by atoms with E-state index in [4.69, 9.17) is 26.8 Å². The summed E-state index contributed by atoms with van der Waals surface area (Å²) < 4.78 is 10.9. The predicted molar refractivity (Wildman–Crippen MR) is 73.5 cm³/mol. The largest absolute Gasteiger partial charge is 0.496 e. The molecule has 0 aromatic heterocycles. The second-order valence-corrected chi connectivity index (χ2v) is 5.49. The number of nitrogens with two attached hydrogens (primary N) is 1. The third kappa shape index (κ3) is 2.00. The van der Waals surface area contributed by atoms with Gasteiger partial charge in [0.15, 0.2) is 0 Å². The molecule has 0 amide bonds. The highest BCUT2D eigenvalue weighted by molar-refractivity contribution is 6.31. The van der Waals surface area contributed by atoms with E-state index < -0.39 is 0 Å². The van der Waals surface area contributed by atoms with E-state index >= 15 is 0 Å². The van der Waals surface area contributed by atoms with Crippen molar-refractivity contribution < 1.29 is 9.47 Å². The first kappa shape index (κ1) is 13.7. The fourth-order valence-corrected chi connectivity index (χ4v) is 2.63. The minimum atomic E-state index is -0.0581. The van der Waals surface area contributed by atoms with Gasteiger partial charge in [-0.05, 0) is 37.1 Å². The molecule has 0 saturated carbocycles. The number of ether oxygens (including phenoxy) is 2. The number of hydrogen-bond donors (Lipinski definition) is 1. The normalized spacial score (nSPS) is 19.2. The summed E-state index contributed by atoms with van der Waals surface area (Å²) in [6.07, 6.45) is 0. The Balaban J connectivity index is 2.51. The summed E-state index contributed by atoms with van der Waals surface area (Å²) in [5.41, 5.74) is 7.91. The standard InChI is InChI=1S/C14H20ClNO2/c1-9-4-13(17-3)11(5-12(9)15)14(7-18-8-14)10(2)6-16/h4-5,10H,6-8,16H2,1-3H3. The summed E-state index contributed by atoms with van der Waals surface area (Å²) in [4.78, 5) is 0. The van der Waals surface area contributed by atoms with Gasteiger partial charge in [-0.2, -0.15) is 0 Å². The Kier molecular flexibility index (Phi) is 3.85. The van der Waals surface area contributed by atoms with Crippen molar-refractivity contribution in [3.63, 3.8) is 0 Å². The smallest absolute Gasteiger partial charge is 0.123 e. The quantitative estimate of drug-likeness (QED) is 0.914. The van der Waals surface area contributed by atoms with Crippen LogP contribution < -0.4 is 10.5 Å². The van der Waals surface area contributed by atoms with Crippen LogP contribution in [0.2, 0.25) is 5.02 Å². The minimum Gasteiger partial charge on any atom is -0.496 e. The summed E-state index contributed by atoms with van der Waals surface area (Å²) in [5, 5.41) is 0.765. The van der Waals surface area contributed by atoms with Gasteiger partial charge in [0.2, 0.25) is 0 Å². The second-order valence-electron chi connectivity index (χ2n) is 5.09. The molecule has 1 atom stereocenters. The lowest BCUT2D eigenvalue weighted by Crippen LogP contribution is -2.53. The number of rotatable bonds is 4. The molecular formula is C14H20ClNO2. The monoisotopic (exact) mass is 269 g/mol. The predicted octanol–water partition coefficient (Wildman–Crippen LogP) is 2.52. The number of halogens is 1. The summed E-state index contributed by atoms with van der Waals surface area (Å²) in [5.74, 6) is 1.21. The molecule has 1 aliphatic rings. The van der Waals surface area contributed by atoms with E-state index in [1.54, 1.807) is 7.11 Å². The van der Waals surface area contributed by atoms with E-state index in [1.165, 1.54) is 0 Å². The van der Waals surface area contributed by atoms with Gasteiger partial charge < -0.3 is 15.2 Å². The van der Waals surface area contributed by atoms with Crippen molar-refractivity contribution in [3.8, 4) is 5.75 Å². The minimum absolute atomic E-state index is 0.0581. The molecule has 3 nitrogen and oxygen atoms in total. The molecule has 1 heterocycles. The highest BCUT2D eigenvalue weighted by atomic mass is 35.5. The van der Waals surface area contributed by atoms with Crippen LogP contribution in [-0.2, 0) is 10.2 Å². The molecule has 1 aromatic rings. The Morgan fingerprint density at radius 2 is 2.17 bits per heavy atom. The van der Waals surface area contributed by atoms with Crippen molar-refractivity contribution in [1.82, 2.24) is 0 Å². The maximum absolute atomic E-state index is 6.25. The molecule has 18 heavy (non-hydrogen) atoms. The van der Waals surface area contributed by atoms with E-state index in [-0.39, 0.29) is 5.41 Å². The van der Waals surface area contributed by atoms with E-state index in [9.17, 15) is 0 Å². The maximum atomic E-state index is 6.25. The Labute approximate surface area is 113 Å². The molecule has 1 fully saturated rings. The van der Waals surface area contributed by atoms with Crippen LogP contribution in [0.4, 0.5) is 0 Å². The third-order valence-corrected chi connectivity index (χ3v) is 4.44. The molecule has 0 radical (unpaired) electrons. The number of methoxy groups -OCH3 is 1. The van der Waals surface area contributed by atoms with Crippen molar-refractivity contribution in [1.29, 1.82) is 0 Å². The van der Waals surface area contributed by atoms with Gasteiger partial charge in [-0.3, -0.25) is 0 Å². The Morgan fingerprint density at radius 3 is 2.61 bits per heavy atom. The lowest BCUT2D eigenvalue weighted by Gasteiger charge is -2.46. The van der Waals surface area contributed by atoms with Gasteiger partial charge in [-0.1, -0.05) is 18.5 Å². The molecule has 1 saturated heterocycles. The number of hydrogen-bond acceptors (Lipinski definition) is 3. The van der Waals surface area contributed by atoms with Crippen LogP contribution in [0, 0.1) is 12.8 Å². The number of aryl methyl sites for hydroxylation is 1. The lowest BCUT2D eigenvalue weighted by molar-refractivity contribution is -0.0862. The summed E-state index contributed by atoms with van der Waals surface area (Å²) in [6, 6.07) is 3.99. The van der Waals surface area contributed by atoms with Gasteiger partial charge in [0.05, 0.1) is 20.3 Å². The number of benzene rings is 1. The highest BCUT2D eigenvalue weighted by Crippen LogP contribution is 2.44. The SMILES string of the molecule is COc1cc(C)c(Cl)cc1C1(C(C)CN)COC1. The Hall–Kier alpha value is -0.770. The van der Waals surface area contributed by atoms with Crippen LogP contribution in [0.3, 0.4) is 0 Å². The highest BCUT2D eigenvalue weighted by Gasteiger charge is 2.46. The fourth-order valence-electron chi connectivity index (χ4n) is 2.47. The van der Waals surface area contributed by atoms with Crippen molar-refractivity contribution in [2.24, 2.45) is 11.7 Å². The molecule has 1 aliphatic heterocycles. The molecule has 4 heteroatoms. The molecule has 1 aromatic carbocycles. The maximum Gasteiger partial charge on any atom is 0.123 e. The third-order valence-electron chi connectivity index (χ3n) is 4.03. The van der Waals surface area contributed by atoms with Gasteiger partial charge in [0, 0.05) is 16.0 Å². The van der Waals surface area contributed by atoms with Crippen molar-refractivity contribution in [3.05, 3.63) is 28.3 Å². The molecular weight excluding hydrogens is 250 g/mol. The van der Waals surface area contributed by atoms with E-state index in [1.807, 2.05) is 19.1 Å². The van der Waals surface area contributed by atoms with Crippen LogP contribution in [0.1, 0.15) is 18.1 Å². The van der Waals surface area contributed by atoms with E-state index in [2.05, 4.69) is 6.92 Å². The fraction of sp³-hybridized carbons (Fsp3) is 0.571. The van der Waals surface area contributed by atoms with Crippen LogP contribution in [0.25, 0.3) is 0 Å². The van der Waals surface area contributed by atoms with E-state index in [0.29, 0.717) is 25.7 Å². The molecule has 2 N–H and O–H groups in total. The van der Waals surface area contributed by atoms with E-state index in [0.717, 1.165) is 21.9 Å². The van der Waals surface area contributed by atoms with Gasteiger partial charge in [-0.25, -0.2) is 0 Å². The molecule has 100 valence electrons. The van der Waals surface area contributed by atoms with Crippen LogP contribution in [0.5, 0.6) is 5.75 Å². The zero-order valence-electron chi connectivity index (χ0n) is 11.1. The molecule has 0 aliphatic carbocycles.